The van der Waals surface area contributed by atoms with E-state index in [9.17, 15) is 28.1 Å². The Morgan fingerprint density at radius 3 is 2.31 bits per heavy atom. The van der Waals surface area contributed by atoms with Gasteiger partial charge >= 0.3 is 11.7 Å². The lowest BCUT2D eigenvalue weighted by atomic mass is 10.2. The first-order valence-corrected chi connectivity index (χ1v) is 8.42. The van der Waals surface area contributed by atoms with E-state index in [2.05, 4.69) is 0 Å². The number of amides is 1. The van der Waals surface area contributed by atoms with Crippen LogP contribution < -0.4 is 9.46 Å². The Morgan fingerprint density at radius 1 is 1.19 bits per heavy atom. The summed E-state index contributed by atoms with van der Waals surface area (Å²) < 4.78 is 31.7. The van der Waals surface area contributed by atoms with Gasteiger partial charge in [-0.2, -0.15) is 0 Å². The van der Waals surface area contributed by atoms with Crippen LogP contribution in [0.2, 0.25) is 0 Å². The third-order valence-corrected chi connectivity index (χ3v) is 4.45. The van der Waals surface area contributed by atoms with Crippen molar-refractivity contribution in [3.05, 3.63) is 58.1 Å². The third-order valence-electron chi connectivity index (χ3n) is 3.01. The molecule has 136 valence electrons. The molecule has 0 aliphatic heterocycles. The van der Waals surface area contributed by atoms with Crippen LogP contribution in [0.15, 0.2) is 47.4 Å². The van der Waals surface area contributed by atoms with Gasteiger partial charge in [-0.05, 0) is 18.2 Å². The number of nitrogens with zero attached hydrogens (tertiary/aromatic N) is 1. The molecule has 1 amide bonds. The van der Waals surface area contributed by atoms with Crippen LogP contribution in [0.5, 0.6) is 11.5 Å². The van der Waals surface area contributed by atoms with Gasteiger partial charge in [0.2, 0.25) is 11.7 Å². The highest BCUT2D eigenvalue weighted by atomic mass is 32.2. The van der Waals surface area contributed by atoms with Gasteiger partial charge in [0.15, 0.2) is 0 Å². The molecule has 2 rings (SSSR count). The molecule has 0 saturated heterocycles. The van der Waals surface area contributed by atoms with Gasteiger partial charge in [0.1, 0.15) is 10.6 Å². The number of sulfonamides is 1. The molecule has 0 unspecified atom stereocenters. The normalized spacial score (nSPS) is 10.8. The second-order valence-corrected chi connectivity index (χ2v) is 6.61. The van der Waals surface area contributed by atoms with E-state index in [-0.39, 0.29) is 5.75 Å². The number of carboxylic acid groups (broad SMARTS) is 1. The zero-order valence-electron chi connectivity index (χ0n) is 13.2. The van der Waals surface area contributed by atoms with Gasteiger partial charge in [0.05, 0.1) is 10.5 Å². The Hall–Kier alpha value is -3.47. The molecule has 10 nitrogen and oxygen atoms in total. The maximum Gasteiger partial charge on any atom is 0.335 e. The number of benzene rings is 2. The number of carbonyl (C=O) groups is 2. The average Bonchev–Trinajstić information content (AvgIpc) is 2.54. The van der Waals surface area contributed by atoms with Gasteiger partial charge in [-0.15, -0.1) is 0 Å². The fourth-order valence-corrected chi connectivity index (χ4v) is 3.16. The molecular weight excluding hydrogens is 368 g/mol. The minimum Gasteiger partial charge on any atom is -0.478 e. The minimum atomic E-state index is -4.61. The molecule has 0 heterocycles. The van der Waals surface area contributed by atoms with Crippen molar-refractivity contribution >= 4 is 27.6 Å². The number of rotatable bonds is 6. The van der Waals surface area contributed by atoms with Crippen molar-refractivity contribution in [1.29, 1.82) is 0 Å². The third kappa shape index (κ3) is 4.13. The zero-order valence-corrected chi connectivity index (χ0v) is 14.0. The smallest absolute Gasteiger partial charge is 0.335 e. The number of carbonyl (C=O) groups excluding carboxylic acids is 1. The fourth-order valence-electron chi connectivity index (χ4n) is 2.00. The maximum atomic E-state index is 12.4. The van der Waals surface area contributed by atoms with E-state index in [1.165, 1.54) is 12.1 Å². The molecule has 0 aromatic heterocycles. The summed E-state index contributed by atoms with van der Waals surface area (Å²) in [7, 11) is -4.61. The summed E-state index contributed by atoms with van der Waals surface area (Å²) in [6, 6.07) is 8.94. The summed E-state index contributed by atoms with van der Waals surface area (Å²) in [5, 5.41) is 20.4. The fraction of sp³-hybridized carbons (Fsp3) is 0.0667. The highest BCUT2D eigenvalue weighted by Crippen LogP contribution is 2.38. The van der Waals surface area contributed by atoms with Crippen LogP contribution in [0.25, 0.3) is 0 Å². The Labute approximate surface area is 147 Å². The van der Waals surface area contributed by atoms with Crippen LogP contribution >= 0.6 is 0 Å². The van der Waals surface area contributed by atoms with E-state index in [0.29, 0.717) is 12.1 Å². The van der Waals surface area contributed by atoms with Crippen LogP contribution in [-0.4, -0.2) is 30.3 Å². The van der Waals surface area contributed by atoms with Crippen molar-refractivity contribution in [3.63, 3.8) is 0 Å². The Balaban J connectivity index is 2.78. The number of hydrogen-bond acceptors (Lipinski definition) is 7. The Kier molecular flexibility index (Phi) is 5.22. The van der Waals surface area contributed by atoms with E-state index in [1.807, 2.05) is 0 Å². The molecule has 0 spiro atoms. The standard InChI is InChI=1S/C15H12N2O8S/c1-9(18)16-26(23,24)13-8-10(15(19)20)7-12(17(21)22)14(13)25-11-5-3-2-4-6-11/h2-8H,1H3,(H,16,18)(H,19,20). The first kappa shape index (κ1) is 18.9. The molecule has 11 heteroatoms. The minimum absolute atomic E-state index is 0.0814. The van der Waals surface area contributed by atoms with Crippen LogP contribution in [0.3, 0.4) is 0 Å². The van der Waals surface area contributed by atoms with Gasteiger partial charge in [-0.25, -0.2) is 17.9 Å². The number of nitro groups is 1. The van der Waals surface area contributed by atoms with E-state index in [4.69, 9.17) is 9.84 Å². The molecular formula is C15H12N2O8S. The van der Waals surface area contributed by atoms with Gasteiger partial charge < -0.3 is 9.84 Å². The lowest BCUT2D eigenvalue weighted by Gasteiger charge is -2.13. The highest BCUT2D eigenvalue weighted by Gasteiger charge is 2.31. The molecule has 26 heavy (non-hydrogen) atoms. The zero-order chi connectivity index (χ0) is 19.5. The molecule has 0 radical (unpaired) electrons. The average molecular weight is 380 g/mol. The summed E-state index contributed by atoms with van der Waals surface area (Å²) in [4.78, 5) is 31.9. The number of aromatic carboxylic acids is 1. The molecule has 0 aliphatic carbocycles. The molecule has 0 bridgehead atoms. The molecule has 0 atom stereocenters. The SMILES string of the molecule is CC(=O)NS(=O)(=O)c1cc(C(=O)O)cc([N+](=O)[O-])c1Oc1ccccc1. The number of para-hydroxylation sites is 1. The van der Waals surface area contributed by atoms with Gasteiger partial charge in [-0.1, -0.05) is 18.2 Å². The molecule has 0 aliphatic rings. The summed E-state index contributed by atoms with van der Waals surface area (Å²) in [6.07, 6.45) is 0. The molecule has 0 saturated carbocycles. The highest BCUT2D eigenvalue weighted by molar-refractivity contribution is 7.90. The first-order valence-electron chi connectivity index (χ1n) is 6.94. The monoisotopic (exact) mass is 380 g/mol. The van der Waals surface area contributed by atoms with Crippen molar-refractivity contribution in [2.75, 3.05) is 0 Å². The van der Waals surface area contributed by atoms with Crippen LogP contribution in [-0.2, 0) is 14.8 Å². The summed E-state index contributed by atoms with van der Waals surface area (Å²) in [5.74, 6) is -3.17. The van der Waals surface area contributed by atoms with Crippen molar-refractivity contribution in [3.8, 4) is 11.5 Å². The largest absolute Gasteiger partial charge is 0.478 e. The van der Waals surface area contributed by atoms with E-state index < -0.39 is 48.7 Å². The second kappa shape index (κ2) is 7.19. The number of ether oxygens (including phenoxy) is 1. The quantitative estimate of drug-likeness (QED) is 0.569. The second-order valence-electron chi connectivity index (χ2n) is 4.96. The number of carboxylic acids is 1. The number of hydrogen-bond donors (Lipinski definition) is 2. The maximum absolute atomic E-state index is 12.4. The van der Waals surface area contributed by atoms with Gasteiger partial charge in [0.25, 0.3) is 10.0 Å². The Bertz CT molecular complexity index is 986. The first-order chi connectivity index (χ1) is 12.1. The number of nitro benzene ring substituents is 1. The van der Waals surface area contributed by atoms with Crippen molar-refractivity contribution in [1.82, 2.24) is 4.72 Å². The van der Waals surface area contributed by atoms with Gasteiger partial charge in [0, 0.05) is 13.0 Å². The number of nitrogens with one attached hydrogen (secondary N) is 1. The van der Waals surface area contributed by atoms with Crippen LogP contribution in [0.1, 0.15) is 17.3 Å². The Morgan fingerprint density at radius 2 is 1.81 bits per heavy atom. The summed E-state index contributed by atoms with van der Waals surface area (Å²) in [5.41, 5.74) is -1.53. The van der Waals surface area contributed by atoms with Crippen molar-refractivity contribution < 1.29 is 32.8 Å². The predicted octanol–water partition coefficient (Wildman–Crippen LogP) is 1.91. The predicted molar refractivity (Wildman–Crippen MR) is 87.6 cm³/mol. The van der Waals surface area contributed by atoms with E-state index in [0.717, 1.165) is 6.92 Å². The molecule has 2 N–H and O–H groups in total. The summed E-state index contributed by atoms with van der Waals surface area (Å²) >= 11 is 0. The van der Waals surface area contributed by atoms with E-state index in [1.54, 1.807) is 22.9 Å². The van der Waals surface area contributed by atoms with Crippen LogP contribution in [0.4, 0.5) is 5.69 Å². The lowest BCUT2D eigenvalue weighted by molar-refractivity contribution is -0.385. The summed E-state index contributed by atoms with van der Waals surface area (Å²) in [6.45, 7) is 0.921. The molecule has 0 fully saturated rings. The van der Waals surface area contributed by atoms with Gasteiger partial charge in [-0.3, -0.25) is 14.9 Å². The van der Waals surface area contributed by atoms with E-state index >= 15 is 0 Å². The van der Waals surface area contributed by atoms with Crippen molar-refractivity contribution in [2.45, 2.75) is 11.8 Å². The molecule has 2 aromatic rings. The lowest BCUT2D eigenvalue weighted by Crippen LogP contribution is -2.28. The van der Waals surface area contributed by atoms with Crippen molar-refractivity contribution in [2.24, 2.45) is 0 Å². The molecule has 2 aromatic carbocycles. The van der Waals surface area contributed by atoms with Crippen LogP contribution in [0, 0.1) is 10.1 Å². The topological polar surface area (TPSA) is 153 Å².